The van der Waals surface area contributed by atoms with Gasteiger partial charge >= 0.3 is 0 Å². The van der Waals surface area contributed by atoms with E-state index in [1.165, 1.54) is 5.56 Å². The quantitative estimate of drug-likeness (QED) is 0.651. The number of benzene rings is 1. The van der Waals surface area contributed by atoms with Gasteiger partial charge in [0.1, 0.15) is 5.60 Å². The van der Waals surface area contributed by atoms with E-state index >= 15 is 0 Å². The van der Waals surface area contributed by atoms with Gasteiger partial charge in [-0.2, -0.15) is 0 Å². The smallest absolute Gasteiger partial charge is 0.224 e. The molecule has 1 spiro atoms. The van der Waals surface area contributed by atoms with E-state index in [0.29, 0.717) is 26.1 Å². The van der Waals surface area contributed by atoms with E-state index in [2.05, 4.69) is 9.97 Å². The van der Waals surface area contributed by atoms with Crippen molar-refractivity contribution in [3.8, 4) is 11.4 Å². The van der Waals surface area contributed by atoms with Gasteiger partial charge in [0.05, 0.1) is 18.6 Å². The van der Waals surface area contributed by atoms with Crippen molar-refractivity contribution >= 4 is 5.91 Å². The van der Waals surface area contributed by atoms with Gasteiger partial charge in [-0.15, -0.1) is 0 Å². The number of hydrogen-bond donors (Lipinski definition) is 0. The normalized spacial score (nSPS) is 18.5. The highest BCUT2D eigenvalue weighted by atomic mass is 16.5. The molecule has 4 heterocycles. The summed E-state index contributed by atoms with van der Waals surface area (Å²) in [5, 5.41) is 0. The Morgan fingerprint density at radius 1 is 1.23 bits per heavy atom. The van der Waals surface area contributed by atoms with Gasteiger partial charge in [0.2, 0.25) is 5.91 Å². The van der Waals surface area contributed by atoms with Crippen molar-refractivity contribution in [3.63, 3.8) is 0 Å². The summed E-state index contributed by atoms with van der Waals surface area (Å²) in [6, 6.07) is 10.1. The Labute approximate surface area is 182 Å². The number of imidazole rings is 1. The van der Waals surface area contributed by atoms with Crippen LogP contribution in [0.4, 0.5) is 0 Å². The standard InChI is InChI=1S/C24H27N5O2/c1-18(29-13-10-25-17-29)15-21(30)28-11-8-24(9-12-28)22-20(7-14-31-24)16-26-23(27-22)19-5-3-2-4-6-19/h2-6,10,13,16-18H,7-9,11-12,14-15H2,1H3. The lowest BCUT2D eigenvalue weighted by atomic mass is 9.83. The highest BCUT2D eigenvalue weighted by Crippen LogP contribution is 2.41. The van der Waals surface area contributed by atoms with Gasteiger partial charge < -0.3 is 14.2 Å². The Morgan fingerprint density at radius 3 is 2.77 bits per heavy atom. The molecule has 2 aliphatic rings. The van der Waals surface area contributed by atoms with E-state index in [1.54, 1.807) is 12.5 Å². The lowest BCUT2D eigenvalue weighted by Gasteiger charge is -2.44. The zero-order chi connectivity index (χ0) is 21.3. The van der Waals surface area contributed by atoms with E-state index in [9.17, 15) is 4.79 Å². The first-order valence-corrected chi connectivity index (χ1v) is 11.0. The maximum Gasteiger partial charge on any atom is 0.224 e. The second-order valence-corrected chi connectivity index (χ2v) is 8.47. The average molecular weight is 418 g/mol. The molecule has 2 aromatic heterocycles. The summed E-state index contributed by atoms with van der Waals surface area (Å²) < 4.78 is 8.33. The van der Waals surface area contributed by atoms with Crippen molar-refractivity contribution < 1.29 is 9.53 Å². The second-order valence-electron chi connectivity index (χ2n) is 8.47. The minimum atomic E-state index is -0.424. The molecule has 5 rings (SSSR count). The topological polar surface area (TPSA) is 73.1 Å². The van der Waals surface area contributed by atoms with Crippen LogP contribution in [0.25, 0.3) is 11.4 Å². The van der Waals surface area contributed by atoms with Crippen molar-refractivity contribution in [1.29, 1.82) is 0 Å². The summed E-state index contributed by atoms with van der Waals surface area (Å²) in [5.74, 6) is 0.914. The third-order valence-electron chi connectivity index (χ3n) is 6.51. The molecule has 0 N–H and O–H groups in total. The van der Waals surface area contributed by atoms with E-state index in [0.717, 1.165) is 36.3 Å². The molecule has 3 aromatic rings. The number of carbonyl (C=O) groups excluding carboxylic acids is 1. The molecule has 1 unspecified atom stereocenters. The first-order valence-electron chi connectivity index (χ1n) is 11.0. The van der Waals surface area contributed by atoms with Gasteiger partial charge in [-0.05, 0) is 31.7 Å². The third-order valence-corrected chi connectivity index (χ3v) is 6.51. The number of aromatic nitrogens is 4. The molecule has 1 aromatic carbocycles. The van der Waals surface area contributed by atoms with Gasteiger partial charge in [-0.25, -0.2) is 15.0 Å². The van der Waals surface area contributed by atoms with Crippen LogP contribution < -0.4 is 0 Å². The molecule has 7 nitrogen and oxygen atoms in total. The van der Waals surface area contributed by atoms with Crippen molar-refractivity contribution in [2.75, 3.05) is 19.7 Å². The SMILES string of the molecule is CC(CC(=O)N1CCC2(CC1)OCCc1cnc(-c3ccccc3)nc12)n1ccnc1. The summed E-state index contributed by atoms with van der Waals surface area (Å²) in [6.07, 6.45) is 10.2. The number of ether oxygens (including phenoxy) is 1. The molecule has 160 valence electrons. The molecule has 7 heteroatoms. The molecule has 1 fully saturated rings. The minimum absolute atomic E-state index is 0.0960. The van der Waals surface area contributed by atoms with Crippen LogP contribution in [0.1, 0.15) is 43.5 Å². The van der Waals surface area contributed by atoms with Crippen LogP contribution in [0.15, 0.2) is 55.2 Å². The van der Waals surface area contributed by atoms with Crippen molar-refractivity contribution in [3.05, 3.63) is 66.5 Å². The Morgan fingerprint density at radius 2 is 2.03 bits per heavy atom. The summed E-state index contributed by atoms with van der Waals surface area (Å²) >= 11 is 0. The van der Waals surface area contributed by atoms with E-state index in [-0.39, 0.29) is 11.9 Å². The maximum atomic E-state index is 12.9. The molecular weight excluding hydrogens is 390 g/mol. The summed E-state index contributed by atoms with van der Waals surface area (Å²) in [4.78, 5) is 28.5. The number of nitrogens with zero attached hydrogens (tertiary/aromatic N) is 5. The lowest BCUT2D eigenvalue weighted by molar-refractivity contribution is -0.141. The number of fused-ring (bicyclic) bond motifs is 2. The second kappa shape index (κ2) is 8.23. The predicted octanol–water partition coefficient (Wildman–Crippen LogP) is 3.38. The summed E-state index contributed by atoms with van der Waals surface area (Å²) in [7, 11) is 0. The van der Waals surface area contributed by atoms with Gasteiger partial charge in [-0.3, -0.25) is 4.79 Å². The molecule has 1 atom stereocenters. The van der Waals surface area contributed by atoms with Gasteiger partial charge in [-0.1, -0.05) is 30.3 Å². The predicted molar refractivity (Wildman–Crippen MR) is 116 cm³/mol. The van der Waals surface area contributed by atoms with E-state index in [1.807, 2.05) is 59.1 Å². The molecule has 1 saturated heterocycles. The number of piperidine rings is 1. The number of hydrogen-bond acceptors (Lipinski definition) is 5. The van der Waals surface area contributed by atoms with Crippen LogP contribution in [0.2, 0.25) is 0 Å². The third kappa shape index (κ3) is 3.85. The van der Waals surface area contributed by atoms with Crippen molar-refractivity contribution in [2.24, 2.45) is 0 Å². The molecule has 0 bridgehead atoms. The van der Waals surface area contributed by atoms with Crippen LogP contribution in [-0.4, -0.2) is 50.0 Å². The fourth-order valence-electron chi connectivity index (χ4n) is 4.65. The zero-order valence-corrected chi connectivity index (χ0v) is 17.8. The molecule has 31 heavy (non-hydrogen) atoms. The lowest BCUT2D eigenvalue weighted by Crippen LogP contribution is -2.49. The first kappa shape index (κ1) is 19.9. The highest BCUT2D eigenvalue weighted by Gasteiger charge is 2.43. The molecule has 2 aliphatic heterocycles. The van der Waals surface area contributed by atoms with Crippen molar-refractivity contribution in [2.45, 2.75) is 44.2 Å². The van der Waals surface area contributed by atoms with E-state index < -0.39 is 5.60 Å². The number of amides is 1. The Bertz CT molecular complexity index is 1040. The number of carbonyl (C=O) groups is 1. The van der Waals surface area contributed by atoms with E-state index in [4.69, 9.17) is 9.72 Å². The Kier molecular flexibility index (Phi) is 5.28. The van der Waals surface area contributed by atoms with Crippen LogP contribution in [0, 0.1) is 0 Å². The molecule has 0 aliphatic carbocycles. The zero-order valence-electron chi connectivity index (χ0n) is 17.8. The van der Waals surface area contributed by atoms with Crippen LogP contribution in [-0.2, 0) is 21.6 Å². The molecule has 0 saturated carbocycles. The van der Waals surface area contributed by atoms with Crippen molar-refractivity contribution in [1.82, 2.24) is 24.4 Å². The summed E-state index contributed by atoms with van der Waals surface area (Å²) in [5.41, 5.74) is 2.75. The van der Waals surface area contributed by atoms with Gasteiger partial charge in [0.25, 0.3) is 0 Å². The Balaban J connectivity index is 1.32. The van der Waals surface area contributed by atoms with Crippen LogP contribution in [0.3, 0.4) is 0 Å². The monoisotopic (exact) mass is 417 g/mol. The molecule has 0 radical (unpaired) electrons. The minimum Gasteiger partial charge on any atom is -0.368 e. The molecule has 1 amide bonds. The highest BCUT2D eigenvalue weighted by molar-refractivity contribution is 5.76. The van der Waals surface area contributed by atoms with Gasteiger partial charge in [0.15, 0.2) is 5.82 Å². The van der Waals surface area contributed by atoms with Gasteiger partial charge in [0, 0.05) is 49.7 Å². The fraction of sp³-hybridized carbons (Fsp3) is 0.417. The Hall–Kier alpha value is -3.06. The number of rotatable bonds is 4. The molecular formula is C24H27N5O2. The average Bonchev–Trinajstić information content (AvgIpc) is 3.35. The van der Waals surface area contributed by atoms with Crippen LogP contribution in [0.5, 0.6) is 0 Å². The summed E-state index contributed by atoms with van der Waals surface area (Å²) in [6.45, 7) is 4.08. The maximum absolute atomic E-state index is 12.9. The largest absolute Gasteiger partial charge is 0.368 e. The van der Waals surface area contributed by atoms with Crippen LogP contribution >= 0.6 is 0 Å². The fourth-order valence-corrected chi connectivity index (χ4v) is 4.65. The first-order chi connectivity index (χ1) is 15.1. The number of likely N-dealkylation sites (tertiary alicyclic amines) is 1.